The lowest BCUT2D eigenvalue weighted by Gasteiger charge is -2.06. The molecule has 0 saturated carbocycles. The number of pyridine rings is 1. The van der Waals surface area contributed by atoms with Crippen molar-refractivity contribution in [3.8, 4) is 6.07 Å². The lowest BCUT2D eigenvalue weighted by molar-refractivity contribution is 0.145. The fourth-order valence-electron chi connectivity index (χ4n) is 0.927. The third kappa shape index (κ3) is 1.80. The van der Waals surface area contributed by atoms with E-state index >= 15 is 0 Å². The molecule has 0 spiro atoms. The van der Waals surface area contributed by atoms with Crippen molar-refractivity contribution in [1.82, 2.24) is 4.98 Å². The Labute approximate surface area is 82.9 Å². The van der Waals surface area contributed by atoms with Crippen molar-refractivity contribution in [3.05, 3.63) is 28.8 Å². The van der Waals surface area contributed by atoms with Gasteiger partial charge in [0.1, 0.15) is 11.9 Å². The largest absolute Gasteiger partial charge is 0.269 e. The SMILES string of the molecule is N#Cc1ncc(CCl)c(F)c1C(F)F. The Balaban J connectivity index is 3.41. The molecule has 0 aliphatic rings. The van der Waals surface area contributed by atoms with E-state index < -0.39 is 23.5 Å². The molecule has 0 fully saturated rings. The molecule has 1 rings (SSSR count). The first kappa shape index (κ1) is 10.8. The van der Waals surface area contributed by atoms with Crippen molar-refractivity contribution in [2.75, 3.05) is 0 Å². The maximum Gasteiger partial charge on any atom is 0.269 e. The number of hydrogen-bond acceptors (Lipinski definition) is 2. The van der Waals surface area contributed by atoms with Gasteiger partial charge >= 0.3 is 0 Å². The van der Waals surface area contributed by atoms with Crippen molar-refractivity contribution < 1.29 is 13.2 Å². The van der Waals surface area contributed by atoms with Gasteiger partial charge in [0.25, 0.3) is 6.43 Å². The number of alkyl halides is 3. The number of nitriles is 1. The van der Waals surface area contributed by atoms with Crippen LogP contribution in [0.5, 0.6) is 0 Å². The quantitative estimate of drug-likeness (QED) is 0.719. The Morgan fingerprint density at radius 1 is 1.57 bits per heavy atom. The molecule has 1 heterocycles. The summed E-state index contributed by atoms with van der Waals surface area (Å²) in [6.45, 7) is 0. The summed E-state index contributed by atoms with van der Waals surface area (Å²) in [6, 6.07) is 1.39. The molecule has 0 bridgehead atoms. The van der Waals surface area contributed by atoms with Crippen LogP contribution in [0.15, 0.2) is 6.20 Å². The van der Waals surface area contributed by atoms with Crippen LogP contribution in [0.25, 0.3) is 0 Å². The van der Waals surface area contributed by atoms with Crippen LogP contribution in [0, 0.1) is 17.1 Å². The summed E-state index contributed by atoms with van der Waals surface area (Å²) in [4.78, 5) is 3.38. The molecule has 0 N–H and O–H groups in total. The highest BCUT2D eigenvalue weighted by Gasteiger charge is 2.22. The van der Waals surface area contributed by atoms with Gasteiger partial charge in [0.2, 0.25) is 0 Å². The third-order valence-electron chi connectivity index (χ3n) is 1.59. The lowest BCUT2D eigenvalue weighted by atomic mass is 10.1. The van der Waals surface area contributed by atoms with Crippen LogP contribution in [0.4, 0.5) is 13.2 Å². The van der Waals surface area contributed by atoms with Gasteiger partial charge in [-0.25, -0.2) is 18.2 Å². The number of nitrogens with zero attached hydrogens (tertiary/aromatic N) is 2. The molecular weight excluding hydrogens is 217 g/mol. The summed E-state index contributed by atoms with van der Waals surface area (Å²) in [5, 5.41) is 8.41. The molecule has 0 aliphatic carbocycles. The van der Waals surface area contributed by atoms with Gasteiger partial charge in [-0.3, -0.25) is 0 Å². The van der Waals surface area contributed by atoms with Gasteiger partial charge in [0, 0.05) is 11.8 Å². The van der Waals surface area contributed by atoms with E-state index in [0.717, 1.165) is 6.20 Å². The lowest BCUT2D eigenvalue weighted by Crippen LogP contribution is -2.02. The molecule has 0 radical (unpaired) electrons. The van der Waals surface area contributed by atoms with Gasteiger partial charge in [-0.05, 0) is 0 Å². The van der Waals surface area contributed by atoms with Gasteiger partial charge in [-0.1, -0.05) is 0 Å². The second-order valence-electron chi connectivity index (χ2n) is 2.41. The van der Waals surface area contributed by atoms with Gasteiger partial charge in [0.15, 0.2) is 5.69 Å². The highest BCUT2D eigenvalue weighted by molar-refractivity contribution is 6.17. The summed E-state index contributed by atoms with van der Waals surface area (Å²) >= 11 is 5.30. The highest BCUT2D eigenvalue weighted by Crippen LogP contribution is 2.26. The molecule has 0 aliphatic heterocycles. The van der Waals surface area contributed by atoms with E-state index in [2.05, 4.69) is 4.98 Å². The summed E-state index contributed by atoms with van der Waals surface area (Å²) in [7, 11) is 0. The zero-order valence-corrected chi connectivity index (χ0v) is 7.52. The van der Waals surface area contributed by atoms with E-state index in [1.54, 1.807) is 0 Å². The Morgan fingerprint density at radius 3 is 2.64 bits per heavy atom. The third-order valence-corrected chi connectivity index (χ3v) is 1.88. The average Bonchev–Trinajstić information content (AvgIpc) is 2.16. The monoisotopic (exact) mass is 220 g/mol. The Kier molecular flexibility index (Phi) is 3.31. The zero-order valence-electron chi connectivity index (χ0n) is 6.77. The molecule has 6 heteroatoms. The molecule has 1 aromatic heterocycles. The minimum Gasteiger partial charge on any atom is -0.245 e. The fraction of sp³-hybridized carbons (Fsp3) is 0.250. The summed E-state index contributed by atoms with van der Waals surface area (Å²) in [6.07, 6.45) is -2.09. The minimum atomic E-state index is -3.07. The van der Waals surface area contributed by atoms with Gasteiger partial charge in [0.05, 0.1) is 11.4 Å². The number of hydrogen-bond donors (Lipinski definition) is 0. The molecule has 74 valence electrons. The van der Waals surface area contributed by atoms with Gasteiger partial charge in [-0.15, -0.1) is 11.6 Å². The number of halogens is 4. The first-order valence-corrected chi connectivity index (χ1v) is 4.06. The summed E-state index contributed by atoms with van der Waals surface area (Å²) in [5.41, 5.74) is -1.72. The topological polar surface area (TPSA) is 36.7 Å². The molecular formula is C8H4ClF3N2. The van der Waals surface area contributed by atoms with Crippen LogP contribution in [-0.4, -0.2) is 4.98 Å². The normalized spacial score (nSPS) is 10.3. The maximum atomic E-state index is 13.2. The van der Waals surface area contributed by atoms with E-state index in [0.29, 0.717) is 0 Å². The van der Waals surface area contributed by atoms with Crippen molar-refractivity contribution in [1.29, 1.82) is 5.26 Å². The molecule has 0 atom stereocenters. The van der Waals surface area contributed by atoms with E-state index in [4.69, 9.17) is 16.9 Å². The second-order valence-corrected chi connectivity index (χ2v) is 2.67. The fourth-order valence-corrected chi connectivity index (χ4v) is 1.11. The molecule has 1 aromatic rings. The van der Waals surface area contributed by atoms with Crippen LogP contribution in [-0.2, 0) is 5.88 Å². The Hall–Kier alpha value is -1.28. The van der Waals surface area contributed by atoms with Crippen LogP contribution in [0.2, 0.25) is 0 Å². The van der Waals surface area contributed by atoms with Crippen molar-refractivity contribution in [3.63, 3.8) is 0 Å². The standard InChI is InChI=1S/C8H4ClF3N2/c9-1-4-3-14-5(2-13)6(7(4)10)8(11)12/h3,8H,1H2. The number of aromatic nitrogens is 1. The van der Waals surface area contributed by atoms with Crippen molar-refractivity contribution in [2.45, 2.75) is 12.3 Å². The Bertz CT molecular complexity index is 387. The molecule has 0 saturated heterocycles. The number of rotatable bonds is 2. The van der Waals surface area contributed by atoms with Crippen LogP contribution in [0.1, 0.15) is 23.2 Å². The predicted molar refractivity (Wildman–Crippen MR) is 43.4 cm³/mol. The smallest absolute Gasteiger partial charge is 0.245 e. The first-order chi connectivity index (χ1) is 6.61. The van der Waals surface area contributed by atoms with Crippen molar-refractivity contribution >= 4 is 11.6 Å². The predicted octanol–water partition coefficient (Wildman–Crippen LogP) is 2.77. The molecule has 2 nitrogen and oxygen atoms in total. The van der Waals surface area contributed by atoms with Crippen LogP contribution < -0.4 is 0 Å². The zero-order chi connectivity index (χ0) is 10.7. The second kappa shape index (κ2) is 4.29. The molecule has 0 unspecified atom stereocenters. The Morgan fingerprint density at radius 2 is 2.21 bits per heavy atom. The average molecular weight is 221 g/mol. The summed E-state index contributed by atoms with van der Waals surface area (Å²) in [5.74, 6) is -1.41. The van der Waals surface area contributed by atoms with Crippen LogP contribution in [0.3, 0.4) is 0 Å². The highest BCUT2D eigenvalue weighted by atomic mass is 35.5. The first-order valence-electron chi connectivity index (χ1n) is 3.53. The maximum absolute atomic E-state index is 13.2. The minimum absolute atomic E-state index is 0.138. The van der Waals surface area contributed by atoms with E-state index in [1.807, 2.05) is 0 Å². The van der Waals surface area contributed by atoms with Crippen LogP contribution >= 0.6 is 11.6 Å². The van der Waals surface area contributed by atoms with Gasteiger partial charge < -0.3 is 0 Å². The molecule has 0 aromatic carbocycles. The molecule has 14 heavy (non-hydrogen) atoms. The van der Waals surface area contributed by atoms with E-state index in [9.17, 15) is 13.2 Å². The van der Waals surface area contributed by atoms with Gasteiger partial charge in [-0.2, -0.15) is 5.26 Å². The summed E-state index contributed by atoms with van der Waals surface area (Å²) < 4.78 is 37.9. The van der Waals surface area contributed by atoms with Crippen molar-refractivity contribution in [2.24, 2.45) is 0 Å². The van der Waals surface area contributed by atoms with E-state index in [-0.39, 0.29) is 11.4 Å². The van der Waals surface area contributed by atoms with E-state index in [1.165, 1.54) is 6.07 Å². The molecule has 0 amide bonds.